The zero-order valence-electron chi connectivity index (χ0n) is 19.1. The van der Waals surface area contributed by atoms with Crippen molar-refractivity contribution in [3.63, 3.8) is 0 Å². The van der Waals surface area contributed by atoms with E-state index in [9.17, 15) is 13.2 Å². The number of ether oxygens (including phenoxy) is 1. The maximum Gasteiger partial charge on any atom is 0.277 e. The van der Waals surface area contributed by atoms with Gasteiger partial charge in [0.1, 0.15) is 11.6 Å². The SMILES string of the molecule is CCCc1nc(C)c2c(=O)[nH]c(-c3cc(S(=O)(=O)NC4CCSCC4)ccc3OCC)nn12. The molecule has 1 aromatic carbocycles. The minimum absolute atomic E-state index is 0.0777. The molecule has 2 N–H and O–H groups in total. The van der Waals surface area contributed by atoms with E-state index >= 15 is 0 Å². The van der Waals surface area contributed by atoms with Crippen molar-refractivity contribution in [2.24, 2.45) is 0 Å². The number of nitrogens with one attached hydrogen (secondary N) is 2. The number of thioether (sulfide) groups is 1. The van der Waals surface area contributed by atoms with E-state index in [0.29, 0.717) is 41.4 Å². The fraction of sp³-hybridized carbons (Fsp3) is 0.500. The number of H-pyrrole nitrogens is 1. The summed E-state index contributed by atoms with van der Waals surface area (Å²) in [6.07, 6.45) is 3.13. The molecule has 0 saturated carbocycles. The highest BCUT2D eigenvalue weighted by atomic mass is 32.2. The highest BCUT2D eigenvalue weighted by molar-refractivity contribution is 7.99. The van der Waals surface area contributed by atoms with Gasteiger partial charge < -0.3 is 9.72 Å². The Morgan fingerprint density at radius 2 is 2.03 bits per heavy atom. The van der Waals surface area contributed by atoms with Crippen molar-refractivity contribution in [1.29, 1.82) is 0 Å². The molecule has 0 atom stereocenters. The number of aromatic amines is 1. The first-order valence-corrected chi connectivity index (χ1v) is 13.8. The number of hydrogen-bond donors (Lipinski definition) is 2. The summed E-state index contributed by atoms with van der Waals surface area (Å²) in [5, 5.41) is 4.63. The molecule has 4 rings (SSSR count). The molecule has 178 valence electrons. The monoisotopic (exact) mass is 491 g/mol. The smallest absolute Gasteiger partial charge is 0.277 e. The van der Waals surface area contributed by atoms with Crippen LogP contribution in [0.5, 0.6) is 5.75 Å². The summed E-state index contributed by atoms with van der Waals surface area (Å²) in [4.78, 5) is 20.3. The minimum atomic E-state index is -3.74. The van der Waals surface area contributed by atoms with E-state index < -0.39 is 10.0 Å². The maximum atomic E-state index is 13.1. The largest absolute Gasteiger partial charge is 0.493 e. The summed E-state index contributed by atoms with van der Waals surface area (Å²) in [6, 6.07) is 4.57. The standard InChI is InChI=1S/C22H29N5O4S2/c1-4-6-19-23-14(3)20-22(28)24-21(25-27(19)20)17-13-16(7-8-18(17)31-5-2)33(29,30)26-15-9-11-32-12-10-15/h7-8,13,15,26H,4-6,9-12H2,1-3H3,(H,24,25,28). The van der Waals surface area contributed by atoms with E-state index in [4.69, 9.17) is 4.74 Å². The van der Waals surface area contributed by atoms with E-state index in [-0.39, 0.29) is 22.3 Å². The molecule has 0 amide bonds. The highest BCUT2D eigenvalue weighted by Gasteiger charge is 2.24. The lowest BCUT2D eigenvalue weighted by atomic mass is 10.2. The van der Waals surface area contributed by atoms with Crippen LogP contribution in [-0.2, 0) is 16.4 Å². The van der Waals surface area contributed by atoms with Crippen LogP contribution in [0.25, 0.3) is 16.9 Å². The fourth-order valence-electron chi connectivity index (χ4n) is 3.99. The van der Waals surface area contributed by atoms with Gasteiger partial charge >= 0.3 is 0 Å². The van der Waals surface area contributed by atoms with Gasteiger partial charge in [-0.3, -0.25) is 4.79 Å². The second-order valence-electron chi connectivity index (χ2n) is 8.03. The first-order chi connectivity index (χ1) is 15.8. The number of hydrogen-bond acceptors (Lipinski definition) is 7. The van der Waals surface area contributed by atoms with Crippen molar-refractivity contribution >= 4 is 27.3 Å². The number of imidazole rings is 1. The van der Waals surface area contributed by atoms with Gasteiger partial charge in [0.05, 0.1) is 22.8 Å². The van der Waals surface area contributed by atoms with Gasteiger partial charge in [0.2, 0.25) is 10.0 Å². The maximum absolute atomic E-state index is 13.1. The summed E-state index contributed by atoms with van der Waals surface area (Å²) in [5.74, 6) is 3.25. The van der Waals surface area contributed by atoms with Gasteiger partial charge in [0, 0.05) is 12.5 Å². The van der Waals surface area contributed by atoms with Crippen LogP contribution in [0.1, 0.15) is 44.6 Å². The van der Waals surface area contributed by atoms with Crippen LogP contribution in [0.4, 0.5) is 0 Å². The Labute approximate surface area is 197 Å². The van der Waals surface area contributed by atoms with E-state index in [2.05, 4.69) is 19.8 Å². The molecule has 3 aromatic rings. The number of fused-ring (bicyclic) bond motifs is 1. The van der Waals surface area contributed by atoms with Crippen LogP contribution in [0.15, 0.2) is 27.9 Å². The Bertz CT molecular complexity index is 1310. The Balaban J connectivity index is 1.81. The molecule has 0 aliphatic carbocycles. The van der Waals surface area contributed by atoms with Crippen molar-refractivity contribution < 1.29 is 13.2 Å². The van der Waals surface area contributed by atoms with Crippen molar-refractivity contribution in [3.8, 4) is 17.1 Å². The van der Waals surface area contributed by atoms with Crippen LogP contribution in [-0.4, -0.2) is 52.2 Å². The van der Waals surface area contributed by atoms with Crippen LogP contribution in [0.3, 0.4) is 0 Å². The molecule has 0 spiro atoms. The molecule has 33 heavy (non-hydrogen) atoms. The van der Waals surface area contributed by atoms with E-state index in [1.807, 2.05) is 25.6 Å². The Morgan fingerprint density at radius 1 is 1.27 bits per heavy atom. The summed E-state index contributed by atoms with van der Waals surface area (Å²) in [7, 11) is -3.74. The average molecular weight is 492 g/mol. The lowest BCUT2D eigenvalue weighted by Crippen LogP contribution is -2.37. The zero-order valence-corrected chi connectivity index (χ0v) is 20.7. The van der Waals surface area contributed by atoms with E-state index in [1.165, 1.54) is 12.1 Å². The van der Waals surface area contributed by atoms with E-state index in [0.717, 1.165) is 30.8 Å². The highest BCUT2D eigenvalue weighted by Crippen LogP contribution is 2.31. The number of rotatable bonds is 8. The first-order valence-electron chi connectivity index (χ1n) is 11.2. The number of benzene rings is 1. The molecule has 1 saturated heterocycles. The average Bonchev–Trinajstić information content (AvgIpc) is 3.10. The first kappa shape index (κ1) is 23.8. The van der Waals surface area contributed by atoms with Crippen molar-refractivity contribution in [3.05, 3.63) is 40.1 Å². The summed E-state index contributed by atoms with van der Waals surface area (Å²) < 4.78 is 36.3. The molecule has 0 radical (unpaired) electrons. The third kappa shape index (κ3) is 4.95. The number of aryl methyl sites for hydroxylation is 2. The summed E-state index contributed by atoms with van der Waals surface area (Å²) in [5.41, 5.74) is 1.07. The van der Waals surface area contributed by atoms with Crippen molar-refractivity contribution in [2.75, 3.05) is 18.1 Å². The van der Waals surface area contributed by atoms with Gasteiger partial charge in [0.15, 0.2) is 11.3 Å². The van der Waals surface area contributed by atoms with E-state index in [1.54, 1.807) is 17.5 Å². The van der Waals surface area contributed by atoms with Gasteiger partial charge in [-0.25, -0.2) is 22.6 Å². The van der Waals surface area contributed by atoms with Crippen LogP contribution >= 0.6 is 11.8 Å². The molecule has 1 aliphatic heterocycles. The predicted octanol–water partition coefficient (Wildman–Crippen LogP) is 2.92. The lowest BCUT2D eigenvalue weighted by Gasteiger charge is -2.22. The van der Waals surface area contributed by atoms with Crippen LogP contribution < -0.4 is 15.0 Å². The molecule has 9 nitrogen and oxygen atoms in total. The molecule has 0 bridgehead atoms. The molecule has 1 fully saturated rings. The summed E-state index contributed by atoms with van der Waals surface area (Å²) >= 11 is 1.84. The third-order valence-corrected chi connectivity index (χ3v) is 8.14. The van der Waals surface area contributed by atoms with Crippen LogP contribution in [0, 0.1) is 6.92 Å². The van der Waals surface area contributed by atoms with Crippen molar-refractivity contribution in [2.45, 2.75) is 57.4 Å². The van der Waals surface area contributed by atoms with Gasteiger partial charge in [-0.1, -0.05) is 6.92 Å². The van der Waals surface area contributed by atoms with Crippen molar-refractivity contribution in [1.82, 2.24) is 24.3 Å². The fourth-order valence-corrected chi connectivity index (χ4v) is 6.43. The van der Waals surface area contributed by atoms with Gasteiger partial charge in [0.25, 0.3) is 5.56 Å². The Hall–Kier alpha value is -2.37. The molecule has 2 aromatic heterocycles. The number of aromatic nitrogens is 4. The Morgan fingerprint density at radius 3 is 2.73 bits per heavy atom. The lowest BCUT2D eigenvalue weighted by molar-refractivity contribution is 0.341. The molecular weight excluding hydrogens is 462 g/mol. The molecule has 11 heteroatoms. The Kier molecular flexibility index (Phi) is 7.10. The molecule has 0 unspecified atom stereocenters. The minimum Gasteiger partial charge on any atom is -0.493 e. The van der Waals surface area contributed by atoms with Gasteiger partial charge in [-0.2, -0.15) is 11.8 Å². The molecule has 1 aliphatic rings. The van der Waals surface area contributed by atoms with Crippen LogP contribution in [0.2, 0.25) is 0 Å². The second kappa shape index (κ2) is 9.86. The third-order valence-electron chi connectivity index (χ3n) is 5.58. The van der Waals surface area contributed by atoms with Gasteiger partial charge in [-0.15, -0.1) is 5.10 Å². The normalized spacial score (nSPS) is 15.2. The predicted molar refractivity (Wildman–Crippen MR) is 130 cm³/mol. The summed E-state index contributed by atoms with van der Waals surface area (Å²) in [6.45, 7) is 6.03. The van der Waals surface area contributed by atoms with Gasteiger partial charge in [-0.05, 0) is 62.8 Å². The topological polar surface area (TPSA) is 118 Å². The second-order valence-corrected chi connectivity index (χ2v) is 11.0. The number of sulfonamides is 1. The quantitative estimate of drug-likeness (QED) is 0.497. The number of nitrogens with zero attached hydrogens (tertiary/aromatic N) is 3. The zero-order chi connectivity index (χ0) is 23.6. The molecule has 3 heterocycles. The molecular formula is C22H29N5O4S2.